The zero-order valence-electron chi connectivity index (χ0n) is 14.0. The van der Waals surface area contributed by atoms with Gasteiger partial charge in [0, 0.05) is 19.3 Å². The van der Waals surface area contributed by atoms with E-state index in [1.807, 2.05) is 4.90 Å². The zero-order valence-corrected chi connectivity index (χ0v) is 14.0. The van der Waals surface area contributed by atoms with Gasteiger partial charge in [0.05, 0.1) is 11.8 Å². The van der Waals surface area contributed by atoms with Crippen molar-refractivity contribution in [3.63, 3.8) is 0 Å². The zero-order chi connectivity index (χ0) is 17.2. The summed E-state index contributed by atoms with van der Waals surface area (Å²) in [6.07, 6.45) is 5.34. The number of hydrogen-bond acceptors (Lipinski definition) is 5. The number of rotatable bonds is 4. The number of nitrogens with one attached hydrogen (secondary N) is 1. The molecule has 1 N–H and O–H groups in total. The monoisotopic (exact) mass is 337 g/mol. The Balaban J connectivity index is 1.43. The summed E-state index contributed by atoms with van der Waals surface area (Å²) in [4.78, 5) is 14.5. The van der Waals surface area contributed by atoms with E-state index in [-0.39, 0.29) is 12.5 Å². The van der Waals surface area contributed by atoms with Crippen LogP contribution in [-0.2, 0) is 30.7 Å². The molecule has 8 nitrogen and oxygen atoms in total. The van der Waals surface area contributed by atoms with Crippen LogP contribution in [0.15, 0.2) is 30.6 Å². The summed E-state index contributed by atoms with van der Waals surface area (Å²) in [5.41, 5.74) is 4.69. The molecule has 0 aliphatic carbocycles. The molecule has 1 aliphatic heterocycles. The molecule has 0 unspecified atom stereocenters. The molecular formula is C17H19N7O. The molecule has 0 fully saturated rings. The number of aromatic nitrogens is 6. The number of H-pyrrole nitrogens is 1. The molecule has 0 saturated carbocycles. The fourth-order valence-corrected chi connectivity index (χ4v) is 3.13. The Morgan fingerprint density at radius 2 is 2.24 bits per heavy atom. The molecule has 3 aromatic rings. The first kappa shape index (κ1) is 15.5. The van der Waals surface area contributed by atoms with E-state index in [4.69, 9.17) is 0 Å². The van der Waals surface area contributed by atoms with Crippen LogP contribution in [0.25, 0.3) is 11.4 Å². The first-order valence-corrected chi connectivity index (χ1v) is 8.37. The van der Waals surface area contributed by atoms with Gasteiger partial charge < -0.3 is 4.90 Å². The summed E-state index contributed by atoms with van der Waals surface area (Å²) in [5, 5.41) is 18.0. The van der Waals surface area contributed by atoms with Crippen molar-refractivity contribution in [2.45, 2.75) is 32.9 Å². The molecule has 8 heteroatoms. The van der Waals surface area contributed by atoms with Crippen molar-refractivity contribution >= 4 is 5.91 Å². The summed E-state index contributed by atoms with van der Waals surface area (Å²) < 4.78 is 1.61. The average molecular weight is 337 g/mol. The molecule has 1 aromatic carbocycles. The van der Waals surface area contributed by atoms with Crippen molar-refractivity contribution in [3.8, 4) is 11.4 Å². The summed E-state index contributed by atoms with van der Waals surface area (Å²) in [6.45, 7) is 3.78. The van der Waals surface area contributed by atoms with Crippen LogP contribution in [0.3, 0.4) is 0 Å². The van der Waals surface area contributed by atoms with Crippen LogP contribution in [0.5, 0.6) is 0 Å². The third-order valence-electron chi connectivity index (χ3n) is 4.58. The van der Waals surface area contributed by atoms with Gasteiger partial charge in [-0.3, -0.25) is 9.48 Å². The van der Waals surface area contributed by atoms with Crippen molar-refractivity contribution in [1.82, 2.24) is 35.3 Å². The van der Waals surface area contributed by atoms with E-state index in [1.165, 1.54) is 16.7 Å². The molecule has 0 bridgehead atoms. The Kier molecular flexibility index (Phi) is 4.01. The minimum atomic E-state index is 0.0629. The Hall–Kier alpha value is -3.03. The predicted octanol–water partition coefficient (Wildman–Crippen LogP) is 1.21. The highest BCUT2D eigenvalue weighted by molar-refractivity contribution is 5.76. The van der Waals surface area contributed by atoms with Crippen molar-refractivity contribution in [1.29, 1.82) is 0 Å². The van der Waals surface area contributed by atoms with Gasteiger partial charge in [-0.05, 0) is 34.7 Å². The Morgan fingerprint density at radius 3 is 3.04 bits per heavy atom. The number of tetrazole rings is 1. The van der Waals surface area contributed by atoms with E-state index in [9.17, 15) is 4.79 Å². The highest BCUT2D eigenvalue weighted by Crippen LogP contribution is 2.21. The molecule has 0 atom stereocenters. The lowest BCUT2D eigenvalue weighted by atomic mass is 9.96. The molecule has 0 spiro atoms. The molecule has 1 aliphatic rings. The first-order chi connectivity index (χ1) is 12.2. The number of carbonyl (C=O) groups is 1. The van der Waals surface area contributed by atoms with Gasteiger partial charge in [-0.1, -0.05) is 25.1 Å². The van der Waals surface area contributed by atoms with Gasteiger partial charge >= 0.3 is 0 Å². The van der Waals surface area contributed by atoms with Crippen LogP contribution in [0.2, 0.25) is 0 Å². The number of amides is 1. The van der Waals surface area contributed by atoms with Gasteiger partial charge in [0.2, 0.25) is 11.7 Å². The van der Waals surface area contributed by atoms with Crippen molar-refractivity contribution in [2.75, 3.05) is 6.54 Å². The lowest BCUT2D eigenvalue weighted by Crippen LogP contribution is -2.38. The topological polar surface area (TPSA) is 92.6 Å². The number of fused-ring (bicyclic) bond motifs is 1. The number of carbonyl (C=O) groups excluding carboxylic acids is 1. The highest BCUT2D eigenvalue weighted by atomic mass is 16.2. The molecule has 0 radical (unpaired) electrons. The number of aromatic amines is 1. The van der Waals surface area contributed by atoms with Gasteiger partial charge in [-0.2, -0.15) is 10.3 Å². The molecule has 2 aromatic heterocycles. The van der Waals surface area contributed by atoms with E-state index in [2.05, 4.69) is 50.8 Å². The quantitative estimate of drug-likeness (QED) is 0.772. The van der Waals surface area contributed by atoms with E-state index in [1.54, 1.807) is 17.1 Å². The molecule has 4 rings (SSSR count). The standard InChI is InChI=1S/C17H19N7O/c1-2-12-3-4-14-9-23(6-5-13(14)7-12)16(25)11-24-10-15(8-18-24)17-19-21-22-20-17/h3-4,7-8,10H,2,5-6,9,11H2,1H3,(H,19,20,21,22). The summed E-state index contributed by atoms with van der Waals surface area (Å²) >= 11 is 0. The van der Waals surface area contributed by atoms with E-state index in [0.717, 1.165) is 24.9 Å². The average Bonchev–Trinajstić information content (AvgIpc) is 3.32. The number of benzene rings is 1. The van der Waals surface area contributed by atoms with Crippen LogP contribution >= 0.6 is 0 Å². The lowest BCUT2D eigenvalue weighted by molar-refractivity contribution is -0.132. The van der Waals surface area contributed by atoms with Crippen molar-refractivity contribution in [3.05, 3.63) is 47.3 Å². The number of aryl methyl sites for hydroxylation is 1. The van der Waals surface area contributed by atoms with Crippen LogP contribution in [0.1, 0.15) is 23.6 Å². The smallest absolute Gasteiger partial charge is 0.244 e. The molecule has 0 saturated heterocycles. The largest absolute Gasteiger partial charge is 0.336 e. The molecule has 128 valence electrons. The fraction of sp³-hybridized carbons (Fsp3) is 0.353. The maximum absolute atomic E-state index is 12.6. The highest BCUT2D eigenvalue weighted by Gasteiger charge is 2.21. The summed E-state index contributed by atoms with van der Waals surface area (Å²) in [5.74, 6) is 0.533. The van der Waals surface area contributed by atoms with E-state index in [0.29, 0.717) is 12.4 Å². The van der Waals surface area contributed by atoms with Gasteiger partial charge in [0.15, 0.2) is 0 Å². The van der Waals surface area contributed by atoms with Crippen LogP contribution in [0.4, 0.5) is 0 Å². The summed E-state index contributed by atoms with van der Waals surface area (Å²) in [7, 11) is 0. The van der Waals surface area contributed by atoms with Gasteiger partial charge in [-0.25, -0.2) is 0 Å². The lowest BCUT2D eigenvalue weighted by Gasteiger charge is -2.29. The maximum Gasteiger partial charge on any atom is 0.244 e. The van der Waals surface area contributed by atoms with Gasteiger partial charge in [-0.15, -0.1) is 10.2 Å². The minimum absolute atomic E-state index is 0.0629. The van der Waals surface area contributed by atoms with Crippen LogP contribution in [0, 0.1) is 0 Å². The van der Waals surface area contributed by atoms with Gasteiger partial charge in [0.1, 0.15) is 6.54 Å². The number of hydrogen-bond donors (Lipinski definition) is 1. The third kappa shape index (κ3) is 3.15. The fourth-order valence-electron chi connectivity index (χ4n) is 3.13. The molecule has 25 heavy (non-hydrogen) atoms. The molecule has 3 heterocycles. The number of nitrogens with zero attached hydrogens (tertiary/aromatic N) is 6. The normalized spacial score (nSPS) is 13.7. The van der Waals surface area contributed by atoms with Crippen molar-refractivity contribution < 1.29 is 4.79 Å². The van der Waals surface area contributed by atoms with Crippen LogP contribution < -0.4 is 0 Å². The Labute approximate surface area is 144 Å². The first-order valence-electron chi connectivity index (χ1n) is 8.37. The Bertz CT molecular complexity index is 884. The second-order valence-electron chi connectivity index (χ2n) is 6.18. The SMILES string of the molecule is CCc1ccc2c(c1)CCN(C(=O)Cn1cc(-c3nn[nH]n3)cn1)C2. The van der Waals surface area contributed by atoms with Crippen LogP contribution in [-0.4, -0.2) is 47.8 Å². The maximum atomic E-state index is 12.6. The minimum Gasteiger partial charge on any atom is -0.336 e. The van der Waals surface area contributed by atoms with E-state index < -0.39 is 0 Å². The van der Waals surface area contributed by atoms with Crippen molar-refractivity contribution in [2.24, 2.45) is 0 Å². The second-order valence-corrected chi connectivity index (χ2v) is 6.18. The molecular weight excluding hydrogens is 318 g/mol. The second kappa shape index (κ2) is 6.46. The third-order valence-corrected chi connectivity index (χ3v) is 4.58. The molecule has 1 amide bonds. The van der Waals surface area contributed by atoms with Gasteiger partial charge in [0.25, 0.3) is 0 Å². The Morgan fingerprint density at radius 1 is 1.32 bits per heavy atom. The van der Waals surface area contributed by atoms with E-state index >= 15 is 0 Å². The predicted molar refractivity (Wildman–Crippen MR) is 90.3 cm³/mol. The summed E-state index contributed by atoms with van der Waals surface area (Å²) in [6, 6.07) is 6.56.